The maximum Gasteiger partial charge on any atom is 0.143 e. The van der Waals surface area contributed by atoms with Crippen molar-refractivity contribution < 1.29 is 0 Å². The van der Waals surface area contributed by atoms with Crippen molar-refractivity contribution in [1.29, 1.82) is 0 Å². The topological polar surface area (TPSA) is 12.4 Å². The smallest absolute Gasteiger partial charge is 0.143 e. The third kappa shape index (κ3) is 4.81. The Hall–Kier alpha value is -2.76. The first kappa shape index (κ1) is 21.0. The molecule has 146 valence electrons. The molecular formula is C27H29NP+. The summed E-state index contributed by atoms with van der Waals surface area (Å²) in [6, 6.07) is 32.4. The van der Waals surface area contributed by atoms with Crippen molar-refractivity contribution in [1.82, 2.24) is 0 Å². The van der Waals surface area contributed by atoms with Crippen molar-refractivity contribution in [2.24, 2.45) is 4.99 Å². The molecule has 0 aromatic heterocycles. The summed E-state index contributed by atoms with van der Waals surface area (Å²) in [7, 11) is -2.05. The van der Waals surface area contributed by atoms with Gasteiger partial charge in [-0.05, 0) is 55.0 Å². The summed E-state index contributed by atoms with van der Waals surface area (Å²) in [4.78, 5) is 4.49. The van der Waals surface area contributed by atoms with Gasteiger partial charge in [0.25, 0.3) is 0 Å². The Kier molecular flexibility index (Phi) is 7.73. The number of nitrogens with zero attached hydrogens (tertiary/aromatic N) is 1. The van der Waals surface area contributed by atoms with E-state index in [2.05, 4.69) is 116 Å². The van der Waals surface area contributed by atoms with Crippen LogP contribution in [0.15, 0.2) is 120 Å². The maximum atomic E-state index is 4.59. The Morgan fingerprint density at radius 3 is 1.66 bits per heavy atom. The van der Waals surface area contributed by atoms with Crippen LogP contribution in [-0.4, -0.2) is 12.8 Å². The van der Waals surface area contributed by atoms with E-state index in [1.54, 1.807) is 0 Å². The van der Waals surface area contributed by atoms with Crippen LogP contribution in [0.3, 0.4) is 0 Å². The zero-order valence-corrected chi connectivity index (χ0v) is 18.0. The average Bonchev–Trinajstić information content (AvgIpc) is 2.79. The van der Waals surface area contributed by atoms with Crippen LogP contribution in [0.25, 0.3) is 0 Å². The molecule has 0 saturated carbocycles. The lowest BCUT2D eigenvalue weighted by molar-refractivity contribution is 0.810. The van der Waals surface area contributed by atoms with Gasteiger partial charge in [0, 0.05) is 12.8 Å². The van der Waals surface area contributed by atoms with Crippen LogP contribution in [0, 0.1) is 0 Å². The molecule has 0 fully saturated rings. The number of rotatable bonds is 9. The first-order chi connectivity index (χ1) is 14.3. The number of hydrogen-bond acceptors (Lipinski definition) is 1. The highest BCUT2D eigenvalue weighted by Gasteiger charge is 2.47. The van der Waals surface area contributed by atoms with E-state index in [4.69, 9.17) is 0 Å². The lowest BCUT2D eigenvalue weighted by atomic mass is 10.3. The molecular weight excluding hydrogens is 369 g/mol. The van der Waals surface area contributed by atoms with E-state index in [1.807, 2.05) is 12.3 Å². The van der Waals surface area contributed by atoms with Crippen LogP contribution in [0.1, 0.15) is 19.8 Å². The third-order valence-corrected chi connectivity index (χ3v) is 9.21. The van der Waals surface area contributed by atoms with E-state index in [9.17, 15) is 0 Å². The zero-order chi connectivity index (χ0) is 20.4. The van der Waals surface area contributed by atoms with E-state index < -0.39 is 7.26 Å². The molecule has 0 radical (unpaired) electrons. The average molecular weight is 399 g/mol. The van der Waals surface area contributed by atoms with Crippen LogP contribution in [0.4, 0.5) is 0 Å². The molecule has 0 aliphatic carbocycles. The second kappa shape index (κ2) is 10.7. The van der Waals surface area contributed by atoms with Gasteiger partial charge in [0.05, 0.1) is 0 Å². The minimum atomic E-state index is -2.05. The van der Waals surface area contributed by atoms with Crippen LogP contribution >= 0.6 is 7.26 Å². The Morgan fingerprint density at radius 1 is 0.793 bits per heavy atom. The Morgan fingerprint density at radius 2 is 1.24 bits per heavy atom. The van der Waals surface area contributed by atoms with Crippen molar-refractivity contribution in [3.05, 3.63) is 115 Å². The molecule has 0 unspecified atom stereocenters. The van der Waals surface area contributed by atoms with Crippen molar-refractivity contribution in [3.8, 4) is 0 Å². The van der Waals surface area contributed by atoms with Gasteiger partial charge in [-0.15, -0.1) is 0 Å². The van der Waals surface area contributed by atoms with Gasteiger partial charge in [0.2, 0.25) is 0 Å². The number of aliphatic imine (C=N–C) groups is 1. The summed E-state index contributed by atoms with van der Waals surface area (Å²) in [5, 5.41) is 5.07. The Balaban J connectivity index is 2.14. The van der Waals surface area contributed by atoms with Gasteiger partial charge >= 0.3 is 0 Å². The third-order valence-electron chi connectivity index (χ3n) is 4.98. The van der Waals surface area contributed by atoms with Gasteiger partial charge in [-0.25, -0.2) is 0 Å². The van der Waals surface area contributed by atoms with Crippen LogP contribution in [0.5, 0.6) is 0 Å². The minimum absolute atomic E-state index is 0.879. The Labute approximate surface area is 175 Å². The lowest BCUT2D eigenvalue weighted by Crippen LogP contribution is -2.31. The summed E-state index contributed by atoms with van der Waals surface area (Å²) in [5.41, 5.74) is 0. The van der Waals surface area contributed by atoms with E-state index in [0.29, 0.717) is 0 Å². The summed E-state index contributed by atoms with van der Waals surface area (Å²) in [5.74, 6) is 0. The zero-order valence-electron chi connectivity index (χ0n) is 17.1. The van der Waals surface area contributed by atoms with Gasteiger partial charge in [0.15, 0.2) is 0 Å². The number of unbranched alkanes of at least 4 members (excludes halogenated alkanes) is 1. The molecule has 0 aliphatic rings. The molecule has 0 aliphatic heterocycles. The molecule has 0 bridgehead atoms. The molecule has 2 heteroatoms. The molecule has 29 heavy (non-hydrogen) atoms. The predicted molar refractivity (Wildman–Crippen MR) is 132 cm³/mol. The second-order valence-electron chi connectivity index (χ2n) is 6.94. The highest BCUT2D eigenvalue weighted by Crippen LogP contribution is 2.62. The molecule has 3 aromatic carbocycles. The Bertz CT molecular complexity index is 847. The molecule has 0 heterocycles. The van der Waals surface area contributed by atoms with E-state index >= 15 is 0 Å². The number of allylic oxidation sites excluding steroid dienone is 3. The summed E-state index contributed by atoms with van der Waals surface area (Å²) >= 11 is 0. The fraction of sp³-hybridized carbons (Fsp3) is 0.148. The number of hydrogen-bond donors (Lipinski definition) is 0. The van der Waals surface area contributed by atoms with Crippen molar-refractivity contribution >= 4 is 29.4 Å². The first-order valence-corrected chi connectivity index (χ1v) is 12.0. The molecule has 3 rings (SSSR count). The van der Waals surface area contributed by atoms with Crippen LogP contribution < -0.4 is 15.9 Å². The quantitative estimate of drug-likeness (QED) is 0.184. The van der Waals surface area contributed by atoms with E-state index in [-0.39, 0.29) is 0 Å². The molecule has 1 nitrogen and oxygen atoms in total. The molecule has 0 spiro atoms. The van der Waals surface area contributed by atoms with Crippen molar-refractivity contribution in [3.63, 3.8) is 0 Å². The van der Waals surface area contributed by atoms with Crippen LogP contribution in [-0.2, 0) is 0 Å². The highest BCUT2D eigenvalue weighted by atomic mass is 31.2. The largest absolute Gasteiger partial charge is 0.293 e. The van der Waals surface area contributed by atoms with Crippen LogP contribution in [0.2, 0.25) is 0 Å². The maximum absolute atomic E-state index is 4.59. The molecule has 0 atom stereocenters. The van der Waals surface area contributed by atoms with Crippen molar-refractivity contribution in [2.75, 3.05) is 6.54 Å². The molecule has 3 aromatic rings. The summed E-state index contributed by atoms with van der Waals surface area (Å²) in [6.45, 7) is 7.66. The van der Waals surface area contributed by atoms with Gasteiger partial charge in [-0.1, -0.05) is 74.5 Å². The first-order valence-electron chi connectivity index (χ1n) is 10.2. The lowest BCUT2D eigenvalue weighted by Gasteiger charge is -2.27. The SMILES string of the molecule is C=C(/C=C/C=NCCCC)[P+](c1ccccc1)(c1ccccc1)c1ccccc1. The normalized spacial score (nSPS) is 11.9. The number of benzene rings is 3. The standard InChI is InChI=1S/C27H29NP/c1-3-4-22-28-23-14-15-24(2)29(25-16-8-5-9-17-25,26-18-10-6-11-19-26)27-20-12-7-13-21-27/h5-21,23H,2-4,22H2,1H3/q+1/b15-14+,28-23?. The molecule has 0 saturated heterocycles. The fourth-order valence-corrected chi connectivity index (χ4v) is 7.61. The fourth-order valence-electron chi connectivity index (χ4n) is 3.55. The second-order valence-corrected chi connectivity index (χ2v) is 10.4. The van der Waals surface area contributed by atoms with Gasteiger partial charge in [0.1, 0.15) is 28.5 Å². The summed E-state index contributed by atoms with van der Waals surface area (Å²) < 4.78 is 0. The van der Waals surface area contributed by atoms with Gasteiger partial charge in [-0.2, -0.15) is 0 Å². The van der Waals surface area contributed by atoms with E-state index in [0.717, 1.165) is 18.3 Å². The molecule has 0 amide bonds. The monoisotopic (exact) mass is 398 g/mol. The predicted octanol–water partition coefficient (Wildman–Crippen LogP) is 5.92. The van der Waals surface area contributed by atoms with Gasteiger partial charge < -0.3 is 0 Å². The highest BCUT2D eigenvalue weighted by molar-refractivity contribution is 7.99. The summed E-state index contributed by atoms with van der Waals surface area (Å²) in [6.07, 6.45) is 8.40. The van der Waals surface area contributed by atoms with Gasteiger partial charge in [-0.3, -0.25) is 4.99 Å². The molecule has 0 N–H and O–H groups in total. The van der Waals surface area contributed by atoms with Crippen molar-refractivity contribution in [2.45, 2.75) is 19.8 Å². The minimum Gasteiger partial charge on any atom is -0.293 e. The van der Waals surface area contributed by atoms with E-state index in [1.165, 1.54) is 22.3 Å².